The minimum absolute atomic E-state index is 0.593. The first-order chi connectivity index (χ1) is 8.22. The molecule has 2 nitrogen and oxygen atoms in total. The Hall–Kier alpha value is -1.28. The highest BCUT2D eigenvalue weighted by Crippen LogP contribution is 2.24. The summed E-state index contributed by atoms with van der Waals surface area (Å²) < 4.78 is 0. The van der Waals surface area contributed by atoms with Crippen LogP contribution in [0.3, 0.4) is 0 Å². The number of H-pyrrole nitrogens is 1. The Morgan fingerprint density at radius 1 is 1.29 bits per heavy atom. The molecule has 0 aliphatic heterocycles. The van der Waals surface area contributed by atoms with Crippen LogP contribution in [0.1, 0.15) is 37.8 Å². The fourth-order valence-corrected chi connectivity index (χ4v) is 2.16. The summed E-state index contributed by atoms with van der Waals surface area (Å²) in [6.07, 6.45) is 3.24. The average molecular weight is 230 g/mol. The van der Waals surface area contributed by atoms with Gasteiger partial charge in [-0.05, 0) is 48.7 Å². The van der Waals surface area contributed by atoms with E-state index in [1.165, 1.54) is 22.0 Å². The standard InChI is InChI=1S/C15H22N2/c1-4-16-8-7-13-10-17-15-6-5-12(11(2)3)9-14(13)15/h5-6,9-11,16-17H,4,7-8H2,1-3H3. The van der Waals surface area contributed by atoms with Crippen LogP contribution in [-0.4, -0.2) is 18.1 Å². The molecule has 0 radical (unpaired) electrons. The summed E-state index contributed by atoms with van der Waals surface area (Å²) in [5, 5.41) is 4.76. The molecule has 0 atom stereocenters. The van der Waals surface area contributed by atoms with Crippen molar-refractivity contribution < 1.29 is 0 Å². The maximum Gasteiger partial charge on any atom is 0.0456 e. The zero-order valence-corrected chi connectivity index (χ0v) is 11.0. The molecule has 2 aromatic rings. The molecule has 1 aromatic heterocycles. The van der Waals surface area contributed by atoms with Gasteiger partial charge in [-0.3, -0.25) is 0 Å². The van der Waals surface area contributed by atoms with Crippen LogP contribution in [0.5, 0.6) is 0 Å². The number of aromatic nitrogens is 1. The van der Waals surface area contributed by atoms with E-state index in [-0.39, 0.29) is 0 Å². The summed E-state index contributed by atoms with van der Waals surface area (Å²) in [4.78, 5) is 3.35. The lowest BCUT2D eigenvalue weighted by molar-refractivity contribution is 0.718. The molecule has 0 spiro atoms. The summed E-state index contributed by atoms with van der Waals surface area (Å²) in [6.45, 7) is 8.72. The summed E-state index contributed by atoms with van der Waals surface area (Å²) >= 11 is 0. The van der Waals surface area contributed by atoms with Crippen LogP contribution in [0.2, 0.25) is 0 Å². The van der Waals surface area contributed by atoms with Crippen LogP contribution >= 0.6 is 0 Å². The SMILES string of the molecule is CCNCCc1c[nH]c2ccc(C(C)C)cc12. The monoisotopic (exact) mass is 230 g/mol. The van der Waals surface area contributed by atoms with E-state index in [0.29, 0.717) is 5.92 Å². The van der Waals surface area contributed by atoms with Gasteiger partial charge in [0, 0.05) is 17.1 Å². The van der Waals surface area contributed by atoms with Crippen molar-refractivity contribution in [2.75, 3.05) is 13.1 Å². The molecule has 0 bridgehead atoms. The Labute approximate surface area is 103 Å². The number of hydrogen-bond acceptors (Lipinski definition) is 1. The normalized spacial score (nSPS) is 11.5. The molecule has 1 heterocycles. The van der Waals surface area contributed by atoms with Crippen LogP contribution in [0.15, 0.2) is 24.4 Å². The van der Waals surface area contributed by atoms with E-state index in [2.05, 4.69) is 55.5 Å². The maximum atomic E-state index is 3.37. The Morgan fingerprint density at radius 3 is 2.82 bits per heavy atom. The van der Waals surface area contributed by atoms with Crippen molar-refractivity contribution in [1.82, 2.24) is 10.3 Å². The quantitative estimate of drug-likeness (QED) is 0.757. The minimum Gasteiger partial charge on any atom is -0.361 e. The second-order valence-electron chi connectivity index (χ2n) is 4.88. The molecular formula is C15H22N2. The van der Waals surface area contributed by atoms with Gasteiger partial charge in [0.15, 0.2) is 0 Å². The Balaban J connectivity index is 2.26. The second kappa shape index (κ2) is 5.37. The molecule has 2 heteroatoms. The first-order valence-electron chi connectivity index (χ1n) is 6.53. The van der Waals surface area contributed by atoms with Crippen molar-refractivity contribution in [1.29, 1.82) is 0 Å². The summed E-state index contributed by atoms with van der Waals surface area (Å²) in [7, 11) is 0. The molecule has 2 N–H and O–H groups in total. The number of fused-ring (bicyclic) bond motifs is 1. The second-order valence-corrected chi connectivity index (χ2v) is 4.88. The van der Waals surface area contributed by atoms with Crippen molar-refractivity contribution in [2.45, 2.75) is 33.1 Å². The van der Waals surface area contributed by atoms with E-state index in [1.807, 2.05) is 0 Å². The maximum absolute atomic E-state index is 3.37. The van der Waals surface area contributed by atoms with E-state index in [4.69, 9.17) is 0 Å². The largest absolute Gasteiger partial charge is 0.361 e. The Bertz CT molecular complexity index is 483. The number of benzene rings is 1. The van der Waals surface area contributed by atoms with Gasteiger partial charge in [0.25, 0.3) is 0 Å². The van der Waals surface area contributed by atoms with Crippen molar-refractivity contribution in [2.24, 2.45) is 0 Å². The number of hydrogen-bond donors (Lipinski definition) is 2. The van der Waals surface area contributed by atoms with Crippen LogP contribution < -0.4 is 5.32 Å². The molecule has 1 aromatic carbocycles. The zero-order valence-electron chi connectivity index (χ0n) is 11.0. The third-order valence-corrected chi connectivity index (χ3v) is 3.28. The number of rotatable bonds is 5. The van der Waals surface area contributed by atoms with Crippen LogP contribution in [0, 0.1) is 0 Å². The molecule has 0 saturated heterocycles. The van der Waals surface area contributed by atoms with Gasteiger partial charge in [-0.1, -0.05) is 26.8 Å². The van der Waals surface area contributed by atoms with Gasteiger partial charge < -0.3 is 10.3 Å². The predicted octanol–water partition coefficient (Wildman–Crippen LogP) is 3.44. The molecule has 0 amide bonds. The first-order valence-corrected chi connectivity index (χ1v) is 6.53. The smallest absolute Gasteiger partial charge is 0.0456 e. The van der Waals surface area contributed by atoms with Gasteiger partial charge in [0.05, 0.1) is 0 Å². The highest BCUT2D eigenvalue weighted by Gasteiger charge is 2.06. The molecule has 0 fully saturated rings. The number of nitrogens with one attached hydrogen (secondary N) is 2. The first kappa shape index (κ1) is 12.2. The molecule has 92 valence electrons. The van der Waals surface area contributed by atoms with E-state index < -0.39 is 0 Å². The topological polar surface area (TPSA) is 27.8 Å². The highest BCUT2D eigenvalue weighted by molar-refractivity contribution is 5.84. The molecule has 0 aliphatic rings. The molecule has 0 saturated carbocycles. The average Bonchev–Trinajstić information content (AvgIpc) is 2.72. The number of likely N-dealkylation sites (N-methyl/N-ethyl adjacent to an activating group) is 1. The van der Waals surface area contributed by atoms with E-state index >= 15 is 0 Å². The lowest BCUT2D eigenvalue weighted by atomic mass is 10.00. The third kappa shape index (κ3) is 2.70. The van der Waals surface area contributed by atoms with Crippen LogP contribution in [0.25, 0.3) is 10.9 Å². The Morgan fingerprint density at radius 2 is 2.12 bits per heavy atom. The van der Waals surface area contributed by atoms with Gasteiger partial charge in [-0.2, -0.15) is 0 Å². The van der Waals surface area contributed by atoms with Crippen LogP contribution in [0.4, 0.5) is 0 Å². The fraction of sp³-hybridized carbons (Fsp3) is 0.467. The van der Waals surface area contributed by atoms with Crippen molar-refractivity contribution >= 4 is 10.9 Å². The Kier molecular flexibility index (Phi) is 3.85. The molecular weight excluding hydrogens is 208 g/mol. The van der Waals surface area contributed by atoms with Gasteiger partial charge in [-0.15, -0.1) is 0 Å². The summed E-state index contributed by atoms with van der Waals surface area (Å²) in [5.74, 6) is 0.593. The molecule has 0 unspecified atom stereocenters. The van der Waals surface area contributed by atoms with Crippen molar-refractivity contribution in [3.8, 4) is 0 Å². The minimum atomic E-state index is 0.593. The molecule has 2 rings (SSSR count). The van der Waals surface area contributed by atoms with Gasteiger partial charge >= 0.3 is 0 Å². The zero-order chi connectivity index (χ0) is 12.3. The highest BCUT2D eigenvalue weighted by atomic mass is 14.8. The van der Waals surface area contributed by atoms with E-state index in [1.54, 1.807) is 0 Å². The van der Waals surface area contributed by atoms with Crippen molar-refractivity contribution in [3.63, 3.8) is 0 Å². The lowest BCUT2D eigenvalue weighted by Crippen LogP contribution is -2.15. The molecule has 0 aliphatic carbocycles. The van der Waals surface area contributed by atoms with E-state index in [0.717, 1.165) is 19.5 Å². The van der Waals surface area contributed by atoms with Gasteiger partial charge in [-0.25, -0.2) is 0 Å². The molecule has 17 heavy (non-hydrogen) atoms. The van der Waals surface area contributed by atoms with E-state index in [9.17, 15) is 0 Å². The number of aromatic amines is 1. The van der Waals surface area contributed by atoms with Crippen LogP contribution in [-0.2, 0) is 6.42 Å². The summed E-state index contributed by atoms with van der Waals surface area (Å²) in [6, 6.07) is 6.75. The summed E-state index contributed by atoms with van der Waals surface area (Å²) in [5.41, 5.74) is 4.09. The van der Waals surface area contributed by atoms with Gasteiger partial charge in [0.2, 0.25) is 0 Å². The van der Waals surface area contributed by atoms with Crippen molar-refractivity contribution in [3.05, 3.63) is 35.5 Å². The predicted molar refractivity (Wildman–Crippen MR) is 74.6 cm³/mol. The fourth-order valence-electron chi connectivity index (χ4n) is 2.16. The third-order valence-electron chi connectivity index (χ3n) is 3.28. The van der Waals surface area contributed by atoms with Gasteiger partial charge in [0.1, 0.15) is 0 Å². The lowest BCUT2D eigenvalue weighted by Gasteiger charge is -2.06.